The maximum Gasteiger partial charge on any atom is 0.244 e. The van der Waals surface area contributed by atoms with Crippen LogP contribution in [0.25, 0.3) is 0 Å². The summed E-state index contributed by atoms with van der Waals surface area (Å²) >= 11 is 0. The fourth-order valence-corrected chi connectivity index (χ4v) is 1.78. The number of rotatable bonds is 7. The fraction of sp³-hybridized carbons (Fsp3) is 0.357. The standard InChI is InChI=1S/C14H19N5O2/c1-18(13(20)10-19-11-16-14(15)17-19)8-5-9-21-12-6-3-2-4-7-12/h2-4,6-7,11H,5,8-10H2,1H3,(H2,15,17). The molecule has 0 fully saturated rings. The van der Waals surface area contributed by atoms with Crippen molar-refractivity contribution in [3.63, 3.8) is 0 Å². The number of nitrogens with two attached hydrogens (primary N) is 1. The van der Waals surface area contributed by atoms with Crippen LogP contribution < -0.4 is 10.5 Å². The molecule has 0 bridgehead atoms. The molecule has 1 aromatic heterocycles. The quantitative estimate of drug-likeness (QED) is 0.761. The first kappa shape index (κ1) is 14.8. The van der Waals surface area contributed by atoms with Crippen molar-refractivity contribution >= 4 is 11.9 Å². The summed E-state index contributed by atoms with van der Waals surface area (Å²) in [6.07, 6.45) is 2.20. The van der Waals surface area contributed by atoms with E-state index in [1.807, 2.05) is 30.3 Å². The maximum absolute atomic E-state index is 11.9. The highest BCUT2D eigenvalue weighted by Gasteiger charge is 2.10. The number of likely N-dealkylation sites (N-methyl/N-ethyl adjacent to an activating group) is 1. The summed E-state index contributed by atoms with van der Waals surface area (Å²) in [5.41, 5.74) is 5.40. The fourth-order valence-electron chi connectivity index (χ4n) is 1.78. The minimum absolute atomic E-state index is 0.0420. The van der Waals surface area contributed by atoms with Gasteiger partial charge in [0.25, 0.3) is 0 Å². The molecular formula is C14H19N5O2. The summed E-state index contributed by atoms with van der Waals surface area (Å²) < 4.78 is 7.00. The summed E-state index contributed by atoms with van der Waals surface area (Å²) in [7, 11) is 1.76. The molecule has 0 saturated carbocycles. The lowest BCUT2D eigenvalue weighted by atomic mass is 10.3. The van der Waals surface area contributed by atoms with Crippen LogP contribution in [0, 0.1) is 0 Å². The van der Waals surface area contributed by atoms with E-state index in [0.29, 0.717) is 13.2 Å². The van der Waals surface area contributed by atoms with Gasteiger partial charge in [0.1, 0.15) is 18.6 Å². The number of hydrogen-bond acceptors (Lipinski definition) is 5. The van der Waals surface area contributed by atoms with Gasteiger partial charge < -0.3 is 15.4 Å². The highest BCUT2D eigenvalue weighted by Crippen LogP contribution is 2.08. The van der Waals surface area contributed by atoms with Crippen molar-refractivity contribution in [2.45, 2.75) is 13.0 Å². The van der Waals surface area contributed by atoms with E-state index in [1.54, 1.807) is 11.9 Å². The number of aromatic nitrogens is 3. The van der Waals surface area contributed by atoms with Crippen LogP contribution in [0.1, 0.15) is 6.42 Å². The van der Waals surface area contributed by atoms with Crippen LogP contribution in [0.2, 0.25) is 0 Å². The Hall–Kier alpha value is -2.57. The number of carbonyl (C=O) groups excluding carboxylic acids is 1. The van der Waals surface area contributed by atoms with Crippen LogP contribution in [0.4, 0.5) is 5.95 Å². The molecule has 0 spiro atoms. The molecule has 0 aliphatic rings. The Morgan fingerprint density at radius 1 is 1.38 bits per heavy atom. The van der Waals surface area contributed by atoms with Crippen LogP contribution in [-0.4, -0.2) is 45.8 Å². The van der Waals surface area contributed by atoms with Gasteiger partial charge in [-0.2, -0.15) is 0 Å². The lowest BCUT2D eigenvalue weighted by Crippen LogP contribution is -2.31. The molecule has 0 radical (unpaired) electrons. The third-order valence-corrected chi connectivity index (χ3v) is 2.93. The minimum atomic E-state index is -0.0420. The van der Waals surface area contributed by atoms with Crippen molar-refractivity contribution < 1.29 is 9.53 Å². The van der Waals surface area contributed by atoms with E-state index in [0.717, 1.165) is 12.2 Å². The molecular weight excluding hydrogens is 270 g/mol. The minimum Gasteiger partial charge on any atom is -0.494 e. The Bertz CT molecular complexity index is 570. The van der Waals surface area contributed by atoms with Gasteiger partial charge in [-0.05, 0) is 18.6 Å². The number of amides is 1. The number of carbonyl (C=O) groups is 1. The second-order valence-corrected chi connectivity index (χ2v) is 4.63. The molecule has 7 nitrogen and oxygen atoms in total. The summed E-state index contributed by atoms with van der Waals surface area (Å²) in [5, 5.41) is 3.88. The van der Waals surface area contributed by atoms with Gasteiger partial charge in [-0.3, -0.25) is 4.79 Å². The van der Waals surface area contributed by atoms with E-state index in [2.05, 4.69) is 10.1 Å². The number of nitrogens with zero attached hydrogens (tertiary/aromatic N) is 4. The van der Waals surface area contributed by atoms with Gasteiger partial charge in [0, 0.05) is 13.6 Å². The second kappa shape index (κ2) is 7.28. The number of hydrogen-bond donors (Lipinski definition) is 1. The molecule has 21 heavy (non-hydrogen) atoms. The van der Waals surface area contributed by atoms with Gasteiger partial charge in [0.2, 0.25) is 11.9 Å². The number of nitrogen functional groups attached to an aromatic ring is 1. The van der Waals surface area contributed by atoms with Crippen LogP contribution in [0.3, 0.4) is 0 Å². The molecule has 0 aliphatic heterocycles. The Kier molecular flexibility index (Phi) is 5.14. The van der Waals surface area contributed by atoms with Gasteiger partial charge in [0.15, 0.2) is 0 Å². The van der Waals surface area contributed by atoms with Crippen molar-refractivity contribution in [2.75, 3.05) is 25.9 Å². The van der Waals surface area contributed by atoms with Crippen molar-refractivity contribution in [1.82, 2.24) is 19.7 Å². The molecule has 2 N–H and O–H groups in total. The Morgan fingerprint density at radius 3 is 2.81 bits per heavy atom. The predicted molar refractivity (Wildman–Crippen MR) is 78.6 cm³/mol. The Morgan fingerprint density at radius 2 is 2.14 bits per heavy atom. The maximum atomic E-state index is 11.9. The van der Waals surface area contributed by atoms with Gasteiger partial charge in [-0.25, -0.2) is 9.67 Å². The SMILES string of the molecule is CN(CCCOc1ccccc1)C(=O)Cn1cnc(N)n1. The molecule has 1 amide bonds. The van der Waals surface area contributed by atoms with Crippen molar-refractivity contribution in [3.05, 3.63) is 36.7 Å². The monoisotopic (exact) mass is 289 g/mol. The van der Waals surface area contributed by atoms with Crippen LogP contribution in [0.15, 0.2) is 36.7 Å². The molecule has 0 aliphatic carbocycles. The first-order valence-electron chi connectivity index (χ1n) is 6.72. The predicted octanol–water partition coefficient (Wildman–Crippen LogP) is 0.788. The van der Waals surface area contributed by atoms with Crippen LogP contribution >= 0.6 is 0 Å². The molecule has 1 aromatic carbocycles. The van der Waals surface area contributed by atoms with Crippen molar-refractivity contribution in [3.8, 4) is 5.75 Å². The lowest BCUT2D eigenvalue weighted by Gasteiger charge is -2.17. The van der Waals surface area contributed by atoms with Crippen LogP contribution in [-0.2, 0) is 11.3 Å². The largest absolute Gasteiger partial charge is 0.494 e. The van der Waals surface area contributed by atoms with Crippen molar-refractivity contribution in [2.24, 2.45) is 0 Å². The summed E-state index contributed by atoms with van der Waals surface area (Å²) in [4.78, 5) is 17.4. The lowest BCUT2D eigenvalue weighted by molar-refractivity contribution is -0.130. The third kappa shape index (κ3) is 4.79. The van der Waals surface area contributed by atoms with E-state index in [-0.39, 0.29) is 18.4 Å². The smallest absolute Gasteiger partial charge is 0.244 e. The summed E-state index contributed by atoms with van der Waals surface area (Å²) in [6.45, 7) is 1.33. The highest BCUT2D eigenvalue weighted by molar-refractivity contribution is 5.75. The zero-order valence-corrected chi connectivity index (χ0v) is 12.0. The van der Waals surface area contributed by atoms with Gasteiger partial charge >= 0.3 is 0 Å². The van der Waals surface area contributed by atoms with E-state index >= 15 is 0 Å². The van der Waals surface area contributed by atoms with Gasteiger partial charge in [0.05, 0.1) is 6.61 Å². The van der Waals surface area contributed by atoms with E-state index in [1.165, 1.54) is 11.0 Å². The summed E-state index contributed by atoms with van der Waals surface area (Å²) in [5.74, 6) is 0.964. The van der Waals surface area contributed by atoms with E-state index in [9.17, 15) is 4.79 Å². The van der Waals surface area contributed by atoms with Gasteiger partial charge in [-0.15, -0.1) is 5.10 Å². The molecule has 0 unspecified atom stereocenters. The zero-order chi connectivity index (χ0) is 15.1. The number of para-hydroxylation sites is 1. The number of anilines is 1. The number of ether oxygens (including phenoxy) is 1. The topological polar surface area (TPSA) is 86.3 Å². The average molecular weight is 289 g/mol. The van der Waals surface area contributed by atoms with Gasteiger partial charge in [-0.1, -0.05) is 18.2 Å². The number of benzene rings is 1. The zero-order valence-electron chi connectivity index (χ0n) is 12.0. The summed E-state index contributed by atoms with van der Waals surface area (Å²) in [6, 6.07) is 9.60. The molecule has 7 heteroatoms. The van der Waals surface area contributed by atoms with E-state index in [4.69, 9.17) is 10.5 Å². The first-order valence-corrected chi connectivity index (χ1v) is 6.72. The van der Waals surface area contributed by atoms with Crippen LogP contribution in [0.5, 0.6) is 5.75 Å². The molecule has 2 aromatic rings. The second-order valence-electron chi connectivity index (χ2n) is 4.63. The Labute approximate surface area is 123 Å². The van der Waals surface area contributed by atoms with E-state index < -0.39 is 0 Å². The Balaban J connectivity index is 1.67. The normalized spacial score (nSPS) is 10.3. The third-order valence-electron chi connectivity index (χ3n) is 2.93. The average Bonchev–Trinajstić information content (AvgIpc) is 2.89. The molecule has 2 rings (SSSR count). The highest BCUT2D eigenvalue weighted by atomic mass is 16.5. The molecule has 0 saturated heterocycles. The van der Waals surface area contributed by atoms with Crippen molar-refractivity contribution in [1.29, 1.82) is 0 Å². The molecule has 112 valence electrons. The molecule has 0 atom stereocenters. The molecule has 1 heterocycles. The first-order chi connectivity index (χ1) is 10.1.